The molecule has 0 saturated carbocycles. The van der Waals surface area contributed by atoms with E-state index in [4.69, 9.17) is 18.9 Å². The van der Waals surface area contributed by atoms with E-state index in [2.05, 4.69) is 11.9 Å². The molecule has 10 heteroatoms. The minimum absolute atomic E-state index is 0.0387. The van der Waals surface area contributed by atoms with Gasteiger partial charge in [0.05, 0.1) is 35.5 Å². The van der Waals surface area contributed by atoms with Crippen LogP contribution in [0.5, 0.6) is 23.0 Å². The average Bonchev–Trinajstić information content (AvgIpc) is 3.54. The second kappa shape index (κ2) is 11.1. The van der Waals surface area contributed by atoms with Gasteiger partial charge in [-0.15, -0.1) is 0 Å². The summed E-state index contributed by atoms with van der Waals surface area (Å²) in [5, 5.41) is 11.9. The summed E-state index contributed by atoms with van der Waals surface area (Å²) in [6, 6.07) is 16.7. The van der Waals surface area contributed by atoms with Crippen molar-refractivity contribution in [1.82, 2.24) is 4.98 Å². The average molecular weight is 573 g/mol. The molecule has 1 N–H and O–H groups in total. The Morgan fingerprint density at radius 3 is 2.54 bits per heavy atom. The number of benzene rings is 3. The molecule has 1 saturated heterocycles. The van der Waals surface area contributed by atoms with Gasteiger partial charge in [0, 0.05) is 5.56 Å². The summed E-state index contributed by atoms with van der Waals surface area (Å²) in [4.78, 5) is 33.2. The monoisotopic (exact) mass is 572 g/mol. The highest BCUT2D eigenvalue weighted by atomic mass is 32.1. The number of ketones is 1. The quantitative estimate of drug-likeness (QED) is 0.121. The molecule has 41 heavy (non-hydrogen) atoms. The highest BCUT2D eigenvalue weighted by Gasteiger charge is 2.48. The summed E-state index contributed by atoms with van der Waals surface area (Å²) < 4.78 is 23.2. The summed E-state index contributed by atoms with van der Waals surface area (Å²) in [7, 11) is 1.58. The Morgan fingerprint density at radius 2 is 1.78 bits per heavy atom. The summed E-state index contributed by atoms with van der Waals surface area (Å²) in [5.41, 5.74) is 1.59. The Hall–Kier alpha value is -4.57. The third kappa shape index (κ3) is 4.95. The van der Waals surface area contributed by atoms with Gasteiger partial charge in [0.2, 0.25) is 0 Å². The van der Waals surface area contributed by atoms with Crippen molar-refractivity contribution in [2.45, 2.75) is 25.8 Å². The van der Waals surface area contributed by atoms with E-state index >= 15 is 0 Å². The SMILES string of the molecule is CCCCOc1ccc(C2/C(=C(\O)c3ccc4c(c3)OCCO4)C(=O)C(=O)N2c2nc3ccc(OC)cc3s2)cc1. The van der Waals surface area contributed by atoms with Crippen molar-refractivity contribution in [3.05, 3.63) is 77.4 Å². The van der Waals surface area contributed by atoms with E-state index in [0.717, 1.165) is 17.5 Å². The number of fused-ring (bicyclic) bond motifs is 2. The minimum Gasteiger partial charge on any atom is -0.507 e. The molecule has 1 fully saturated rings. The normalized spacial score (nSPS) is 17.7. The van der Waals surface area contributed by atoms with Crippen molar-refractivity contribution in [3.63, 3.8) is 0 Å². The lowest BCUT2D eigenvalue weighted by Crippen LogP contribution is -2.29. The van der Waals surface area contributed by atoms with E-state index in [1.54, 1.807) is 61.7 Å². The van der Waals surface area contributed by atoms with E-state index in [-0.39, 0.29) is 11.3 Å². The number of unbranched alkanes of at least 4 members (excludes halogenated alkanes) is 1. The number of hydrogen-bond donors (Lipinski definition) is 1. The van der Waals surface area contributed by atoms with Gasteiger partial charge in [0.25, 0.3) is 5.78 Å². The summed E-state index contributed by atoms with van der Waals surface area (Å²) in [6.45, 7) is 3.48. The van der Waals surface area contributed by atoms with Gasteiger partial charge in [-0.2, -0.15) is 0 Å². The number of rotatable bonds is 8. The van der Waals surface area contributed by atoms with Crippen LogP contribution in [0.4, 0.5) is 5.13 Å². The molecular weight excluding hydrogens is 544 g/mol. The fourth-order valence-electron chi connectivity index (χ4n) is 4.89. The predicted molar refractivity (Wildman–Crippen MR) is 155 cm³/mol. The van der Waals surface area contributed by atoms with Crippen molar-refractivity contribution in [2.75, 3.05) is 31.8 Å². The van der Waals surface area contributed by atoms with Crippen molar-refractivity contribution in [2.24, 2.45) is 0 Å². The molecule has 1 atom stereocenters. The van der Waals surface area contributed by atoms with Crippen molar-refractivity contribution in [1.29, 1.82) is 0 Å². The van der Waals surface area contributed by atoms with Crippen molar-refractivity contribution >= 4 is 44.1 Å². The summed E-state index contributed by atoms with van der Waals surface area (Å²) >= 11 is 1.27. The Bertz CT molecular complexity index is 1660. The fourth-order valence-corrected chi connectivity index (χ4v) is 5.92. The topological polar surface area (TPSA) is 107 Å². The van der Waals surface area contributed by atoms with E-state index in [0.29, 0.717) is 64.6 Å². The van der Waals surface area contributed by atoms with Crippen LogP contribution in [-0.2, 0) is 9.59 Å². The number of aliphatic hydroxyl groups is 1. The molecule has 6 rings (SSSR count). The molecule has 3 heterocycles. The molecule has 1 amide bonds. The van der Waals surface area contributed by atoms with Crippen molar-refractivity contribution < 1.29 is 33.6 Å². The van der Waals surface area contributed by atoms with Gasteiger partial charge < -0.3 is 24.1 Å². The first-order chi connectivity index (χ1) is 20.0. The van der Waals surface area contributed by atoms with Crippen LogP contribution in [0.1, 0.15) is 36.9 Å². The number of aromatic nitrogens is 1. The zero-order chi connectivity index (χ0) is 28.5. The van der Waals surface area contributed by atoms with Gasteiger partial charge in [0.15, 0.2) is 16.6 Å². The molecule has 2 aliphatic heterocycles. The number of nitrogens with zero attached hydrogens (tertiary/aromatic N) is 2. The van der Waals surface area contributed by atoms with Crippen molar-refractivity contribution in [3.8, 4) is 23.0 Å². The van der Waals surface area contributed by atoms with Gasteiger partial charge >= 0.3 is 5.91 Å². The number of methoxy groups -OCH3 is 1. The Morgan fingerprint density at radius 1 is 1.02 bits per heavy atom. The van der Waals surface area contributed by atoms with Gasteiger partial charge in [0.1, 0.15) is 30.5 Å². The predicted octanol–water partition coefficient (Wildman–Crippen LogP) is 5.88. The standard InChI is InChI=1S/C31H28N2O7S/c1-3-4-13-38-20-8-5-18(6-9-20)27-26(28(34)19-7-12-23-24(16-19)40-15-14-39-23)29(35)30(36)33(27)31-32-22-11-10-21(37-2)17-25(22)41-31/h5-12,16-17,27,34H,3-4,13-15H2,1-2H3/b28-26+. The van der Waals surface area contributed by atoms with E-state index in [1.807, 2.05) is 6.07 Å². The van der Waals surface area contributed by atoms with Gasteiger partial charge in [-0.1, -0.05) is 36.8 Å². The number of aliphatic hydroxyl groups excluding tert-OH is 1. The zero-order valence-electron chi connectivity index (χ0n) is 22.6. The van der Waals surface area contributed by atoms with Crippen LogP contribution in [-0.4, -0.2) is 48.7 Å². The fraction of sp³-hybridized carbons (Fsp3) is 0.258. The molecule has 210 valence electrons. The third-order valence-electron chi connectivity index (χ3n) is 7.01. The molecule has 1 aromatic heterocycles. The maximum Gasteiger partial charge on any atom is 0.301 e. The Kier molecular flexibility index (Phi) is 7.23. The highest BCUT2D eigenvalue weighted by Crippen LogP contribution is 2.45. The van der Waals surface area contributed by atoms with Crippen LogP contribution in [0.3, 0.4) is 0 Å². The van der Waals surface area contributed by atoms with E-state index in [1.165, 1.54) is 16.2 Å². The Balaban J connectivity index is 1.47. The molecule has 0 spiro atoms. The highest BCUT2D eigenvalue weighted by molar-refractivity contribution is 7.22. The first kappa shape index (κ1) is 26.6. The molecule has 0 aliphatic carbocycles. The Labute approximate surface area is 240 Å². The van der Waals surface area contributed by atoms with Gasteiger partial charge in [-0.25, -0.2) is 4.98 Å². The summed E-state index contributed by atoms with van der Waals surface area (Å²) in [6.07, 6.45) is 1.94. The number of amides is 1. The second-order valence-electron chi connectivity index (χ2n) is 9.63. The lowest BCUT2D eigenvalue weighted by molar-refractivity contribution is -0.132. The largest absolute Gasteiger partial charge is 0.507 e. The number of thiazole rings is 1. The van der Waals surface area contributed by atoms with Crippen LogP contribution in [0.25, 0.3) is 16.0 Å². The van der Waals surface area contributed by atoms with Crippen LogP contribution >= 0.6 is 11.3 Å². The van der Waals surface area contributed by atoms with Crippen LogP contribution in [0.15, 0.2) is 66.2 Å². The van der Waals surface area contributed by atoms with Gasteiger partial charge in [-0.3, -0.25) is 14.5 Å². The minimum atomic E-state index is -0.921. The molecule has 9 nitrogen and oxygen atoms in total. The van der Waals surface area contributed by atoms with Crippen LogP contribution in [0.2, 0.25) is 0 Å². The van der Waals surface area contributed by atoms with E-state index < -0.39 is 17.7 Å². The lowest BCUT2D eigenvalue weighted by Gasteiger charge is -2.23. The molecular formula is C31H28N2O7S. The first-order valence-electron chi connectivity index (χ1n) is 13.4. The molecule has 3 aromatic carbocycles. The summed E-state index contributed by atoms with van der Waals surface area (Å²) in [5.74, 6) is 0.458. The third-order valence-corrected chi connectivity index (χ3v) is 8.03. The molecule has 0 radical (unpaired) electrons. The maximum atomic E-state index is 13.6. The van der Waals surface area contributed by atoms with Crippen LogP contribution in [0, 0.1) is 0 Å². The van der Waals surface area contributed by atoms with Crippen LogP contribution < -0.4 is 23.8 Å². The molecule has 2 aliphatic rings. The van der Waals surface area contributed by atoms with E-state index in [9.17, 15) is 14.7 Å². The second-order valence-corrected chi connectivity index (χ2v) is 10.6. The number of carbonyl (C=O) groups excluding carboxylic acids is 2. The maximum absolute atomic E-state index is 13.6. The first-order valence-corrected chi connectivity index (χ1v) is 14.2. The molecule has 4 aromatic rings. The molecule has 1 unspecified atom stereocenters. The lowest BCUT2D eigenvalue weighted by atomic mass is 9.95. The number of hydrogen-bond acceptors (Lipinski definition) is 9. The number of Topliss-reactive ketones (excluding diaryl/α,β-unsaturated/α-hetero) is 1. The number of anilines is 1. The number of ether oxygens (including phenoxy) is 4. The zero-order valence-corrected chi connectivity index (χ0v) is 23.4. The van der Waals surface area contributed by atoms with Gasteiger partial charge in [-0.05, 0) is 60.5 Å². The number of carbonyl (C=O) groups is 2. The molecule has 0 bridgehead atoms. The smallest absolute Gasteiger partial charge is 0.301 e.